The number of rotatable bonds is 3. The molecule has 94 valence electrons. The van der Waals surface area contributed by atoms with Crippen LogP contribution in [-0.4, -0.2) is 18.3 Å². The Morgan fingerprint density at radius 3 is 3.11 bits per heavy atom. The number of aryl methyl sites for hydroxylation is 1. The van der Waals surface area contributed by atoms with Crippen LogP contribution in [0.4, 0.5) is 0 Å². The molecule has 0 amide bonds. The van der Waals surface area contributed by atoms with Crippen molar-refractivity contribution in [3.8, 4) is 17.1 Å². The van der Waals surface area contributed by atoms with Gasteiger partial charge in [0.05, 0.1) is 12.3 Å². The highest BCUT2D eigenvalue weighted by Gasteiger charge is 2.13. The summed E-state index contributed by atoms with van der Waals surface area (Å²) in [6.07, 6.45) is 2.88. The van der Waals surface area contributed by atoms with Gasteiger partial charge in [0.2, 0.25) is 0 Å². The number of nitrogens with zero attached hydrogens (tertiary/aromatic N) is 1. The van der Waals surface area contributed by atoms with Crippen LogP contribution in [0.2, 0.25) is 0 Å². The molecule has 0 radical (unpaired) electrons. The minimum atomic E-state index is 0.587. The van der Waals surface area contributed by atoms with E-state index >= 15 is 0 Å². The molecule has 0 aliphatic carbocycles. The molecule has 0 spiro atoms. The Morgan fingerprint density at radius 1 is 1.28 bits per heavy atom. The number of nitrogens with two attached hydrogens (primary N) is 1. The van der Waals surface area contributed by atoms with Gasteiger partial charge in [-0.1, -0.05) is 5.16 Å². The molecule has 0 saturated heterocycles. The molecule has 0 saturated carbocycles. The molecule has 18 heavy (non-hydrogen) atoms. The van der Waals surface area contributed by atoms with E-state index in [0.717, 1.165) is 48.6 Å². The van der Waals surface area contributed by atoms with Crippen molar-refractivity contribution in [2.75, 3.05) is 13.2 Å². The number of aromatic nitrogens is 1. The van der Waals surface area contributed by atoms with Crippen molar-refractivity contribution < 1.29 is 9.26 Å². The fourth-order valence-electron chi connectivity index (χ4n) is 2.23. The SMILES string of the molecule is NCCc1cc(-c2ccc3c(c2)CCCO3)on1. The van der Waals surface area contributed by atoms with Crippen molar-refractivity contribution in [3.05, 3.63) is 35.5 Å². The van der Waals surface area contributed by atoms with Crippen LogP contribution in [0.15, 0.2) is 28.8 Å². The lowest BCUT2D eigenvalue weighted by Crippen LogP contribution is -2.07. The van der Waals surface area contributed by atoms with Crippen LogP contribution < -0.4 is 10.5 Å². The van der Waals surface area contributed by atoms with Gasteiger partial charge in [0.15, 0.2) is 5.76 Å². The predicted octanol–water partition coefficient (Wildman–Crippen LogP) is 2.17. The van der Waals surface area contributed by atoms with Crippen molar-refractivity contribution in [2.45, 2.75) is 19.3 Å². The van der Waals surface area contributed by atoms with Gasteiger partial charge in [0.1, 0.15) is 5.75 Å². The Balaban J connectivity index is 1.91. The summed E-state index contributed by atoms with van der Waals surface area (Å²) in [6, 6.07) is 8.10. The minimum absolute atomic E-state index is 0.587. The molecule has 4 nitrogen and oxygen atoms in total. The van der Waals surface area contributed by atoms with Gasteiger partial charge in [-0.05, 0) is 43.1 Å². The first-order chi connectivity index (χ1) is 8.86. The molecule has 2 heterocycles. The molecule has 0 atom stereocenters. The molecule has 0 unspecified atom stereocenters. The molecule has 1 aliphatic rings. The van der Waals surface area contributed by atoms with Crippen LogP contribution in [-0.2, 0) is 12.8 Å². The van der Waals surface area contributed by atoms with Crippen molar-refractivity contribution in [3.63, 3.8) is 0 Å². The van der Waals surface area contributed by atoms with E-state index < -0.39 is 0 Å². The largest absolute Gasteiger partial charge is 0.493 e. The van der Waals surface area contributed by atoms with Crippen LogP contribution in [0.25, 0.3) is 11.3 Å². The molecule has 1 aromatic carbocycles. The Morgan fingerprint density at radius 2 is 2.22 bits per heavy atom. The lowest BCUT2D eigenvalue weighted by molar-refractivity contribution is 0.288. The summed E-state index contributed by atoms with van der Waals surface area (Å²) in [7, 11) is 0. The second-order valence-electron chi connectivity index (χ2n) is 4.50. The standard InChI is InChI=1S/C14H16N2O2/c15-6-5-12-9-14(18-16-12)11-3-4-13-10(8-11)2-1-7-17-13/h3-4,8-9H,1-2,5-7,15H2. The first-order valence-corrected chi connectivity index (χ1v) is 6.28. The van der Waals surface area contributed by atoms with E-state index in [1.165, 1.54) is 5.56 Å². The fraction of sp³-hybridized carbons (Fsp3) is 0.357. The molecule has 3 rings (SSSR count). The third kappa shape index (κ3) is 2.11. The number of hydrogen-bond donors (Lipinski definition) is 1. The molecular weight excluding hydrogens is 228 g/mol. The molecule has 0 bridgehead atoms. The second-order valence-corrected chi connectivity index (χ2v) is 4.50. The van der Waals surface area contributed by atoms with Gasteiger partial charge in [-0.3, -0.25) is 0 Å². The Bertz CT molecular complexity index is 548. The van der Waals surface area contributed by atoms with E-state index in [0.29, 0.717) is 6.54 Å². The monoisotopic (exact) mass is 244 g/mol. The van der Waals surface area contributed by atoms with E-state index in [-0.39, 0.29) is 0 Å². The van der Waals surface area contributed by atoms with Gasteiger partial charge >= 0.3 is 0 Å². The Kier molecular flexibility index (Phi) is 3.02. The number of fused-ring (bicyclic) bond motifs is 1. The zero-order chi connectivity index (χ0) is 12.4. The summed E-state index contributed by atoms with van der Waals surface area (Å²) >= 11 is 0. The first kappa shape index (κ1) is 11.3. The third-order valence-electron chi connectivity index (χ3n) is 3.15. The maximum Gasteiger partial charge on any atom is 0.167 e. The lowest BCUT2D eigenvalue weighted by Gasteiger charge is -2.17. The van der Waals surface area contributed by atoms with Crippen LogP contribution in [0.5, 0.6) is 5.75 Å². The Hall–Kier alpha value is -1.81. The van der Waals surface area contributed by atoms with Gasteiger partial charge < -0.3 is 15.0 Å². The predicted molar refractivity (Wildman–Crippen MR) is 68.5 cm³/mol. The molecule has 2 N–H and O–H groups in total. The molecule has 1 aromatic heterocycles. The molecule has 1 aliphatic heterocycles. The van der Waals surface area contributed by atoms with E-state index in [2.05, 4.69) is 11.2 Å². The maximum atomic E-state index is 5.60. The quantitative estimate of drug-likeness (QED) is 0.898. The van der Waals surface area contributed by atoms with E-state index in [1.54, 1.807) is 0 Å². The Labute approximate surface area is 106 Å². The van der Waals surface area contributed by atoms with E-state index in [1.807, 2.05) is 18.2 Å². The summed E-state index contributed by atoms with van der Waals surface area (Å²) in [5, 5.41) is 4.01. The average Bonchev–Trinajstić information content (AvgIpc) is 2.87. The van der Waals surface area contributed by atoms with Crippen molar-refractivity contribution in [1.82, 2.24) is 5.16 Å². The fourth-order valence-corrected chi connectivity index (χ4v) is 2.23. The van der Waals surface area contributed by atoms with Gasteiger partial charge in [0, 0.05) is 18.1 Å². The van der Waals surface area contributed by atoms with Gasteiger partial charge in [0.25, 0.3) is 0 Å². The summed E-state index contributed by atoms with van der Waals surface area (Å²) in [5.41, 5.74) is 8.70. The topological polar surface area (TPSA) is 61.3 Å². The van der Waals surface area contributed by atoms with Crippen molar-refractivity contribution >= 4 is 0 Å². The van der Waals surface area contributed by atoms with Crippen molar-refractivity contribution in [1.29, 1.82) is 0 Å². The summed E-state index contributed by atoms with van der Waals surface area (Å²) < 4.78 is 10.9. The molecular formula is C14H16N2O2. The van der Waals surface area contributed by atoms with Gasteiger partial charge in [-0.15, -0.1) is 0 Å². The summed E-state index contributed by atoms with van der Waals surface area (Å²) in [6.45, 7) is 1.40. The third-order valence-corrected chi connectivity index (χ3v) is 3.15. The number of hydrogen-bond acceptors (Lipinski definition) is 4. The van der Waals surface area contributed by atoms with Gasteiger partial charge in [-0.25, -0.2) is 0 Å². The van der Waals surface area contributed by atoms with Crippen LogP contribution >= 0.6 is 0 Å². The zero-order valence-corrected chi connectivity index (χ0v) is 10.2. The normalized spacial score (nSPS) is 14.1. The second kappa shape index (κ2) is 4.82. The highest BCUT2D eigenvalue weighted by molar-refractivity contribution is 5.61. The van der Waals surface area contributed by atoms with Crippen LogP contribution in [0.1, 0.15) is 17.7 Å². The number of ether oxygens (including phenoxy) is 1. The number of benzene rings is 1. The average molecular weight is 244 g/mol. The van der Waals surface area contributed by atoms with Crippen LogP contribution in [0, 0.1) is 0 Å². The minimum Gasteiger partial charge on any atom is -0.493 e. The van der Waals surface area contributed by atoms with Gasteiger partial charge in [-0.2, -0.15) is 0 Å². The highest BCUT2D eigenvalue weighted by atomic mass is 16.5. The summed E-state index contributed by atoms with van der Waals surface area (Å²) in [4.78, 5) is 0. The highest BCUT2D eigenvalue weighted by Crippen LogP contribution is 2.30. The lowest BCUT2D eigenvalue weighted by atomic mass is 10.0. The maximum absolute atomic E-state index is 5.60. The molecule has 2 aromatic rings. The van der Waals surface area contributed by atoms with E-state index in [9.17, 15) is 0 Å². The van der Waals surface area contributed by atoms with Crippen LogP contribution in [0.3, 0.4) is 0 Å². The summed E-state index contributed by atoms with van der Waals surface area (Å²) in [5.74, 6) is 1.79. The zero-order valence-electron chi connectivity index (χ0n) is 10.2. The smallest absolute Gasteiger partial charge is 0.167 e. The van der Waals surface area contributed by atoms with Crippen molar-refractivity contribution in [2.24, 2.45) is 5.73 Å². The van der Waals surface area contributed by atoms with E-state index in [4.69, 9.17) is 15.0 Å². The first-order valence-electron chi connectivity index (χ1n) is 6.28. The molecule has 4 heteroatoms. The molecule has 0 fully saturated rings.